The van der Waals surface area contributed by atoms with E-state index < -0.39 is 79.9 Å². The molecule has 0 aromatic carbocycles. The van der Waals surface area contributed by atoms with Crippen molar-refractivity contribution in [3.8, 4) is 0 Å². The van der Waals surface area contributed by atoms with Crippen LogP contribution in [-0.4, -0.2) is 143 Å². The average Bonchev–Trinajstić information content (AvgIpc) is 3.76. The molecule has 13 nitrogen and oxygen atoms in total. The van der Waals surface area contributed by atoms with E-state index in [9.17, 15) is 30.0 Å². The molecule has 0 aromatic rings. The van der Waals surface area contributed by atoms with Gasteiger partial charge in [-0.25, -0.2) is 0 Å². The summed E-state index contributed by atoms with van der Waals surface area (Å²) in [5.41, 5.74) is 2.00. The Morgan fingerprint density at radius 3 is 2.23 bits per heavy atom. The minimum Gasteiger partial charge on any atom is -0.394 e. The summed E-state index contributed by atoms with van der Waals surface area (Å²) in [6, 6.07) is 0. The molecule has 7 aliphatic rings. The molecule has 0 aromatic heterocycles. The number of carbonyl (C=O) groups excluding carboxylic acids is 2. The van der Waals surface area contributed by atoms with Gasteiger partial charge in [0.2, 0.25) is 0 Å². The zero-order chi connectivity index (χ0) is 37.6. The van der Waals surface area contributed by atoms with Crippen molar-refractivity contribution in [2.75, 3.05) is 13.7 Å². The van der Waals surface area contributed by atoms with E-state index >= 15 is 0 Å². The minimum absolute atomic E-state index is 0.00643. The van der Waals surface area contributed by atoms with Gasteiger partial charge in [0.25, 0.3) is 0 Å². The van der Waals surface area contributed by atoms with E-state index in [1.54, 1.807) is 7.11 Å². The lowest BCUT2D eigenvalue weighted by molar-refractivity contribution is -0.259. The van der Waals surface area contributed by atoms with Gasteiger partial charge >= 0.3 is 0 Å². The number of hydrogen-bond donors (Lipinski definition) is 4. The fraction of sp³-hybridized carbons (Fsp3) is 0.850. The van der Waals surface area contributed by atoms with E-state index in [1.807, 2.05) is 0 Å². The van der Waals surface area contributed by atoms with Gasteiger partial charge in [0.15, 0.2) is 0 Å². The van der Waals surface area contributed by atoms with Crippen LogP contribution in [-0.2, 0) is 42.7 Å². The maximum Gasteiger partial charge on any atom is 0.135 e. The summed E-state index contributed by atoms with van der Waals surface area (Å²) >= 11 is 0. The molecule has 13 heteroatoms. The second-order valence-corrected chi connectivity index (χ2v) is 16.8. The predicted octanol–water partition coefficient (Wildman–Crippen LogP) is 2.27. The van der Waals surface area contributed by atoms with Crippen molar-refractivity contribution in [3.05, 3.63) is 24.3 Å². The van der Waals surface area contributed by atoms with E-state index in [0.29, 0.717) is 32.1 Å². The van der Waals surface area contributed by atoms with Gasteiger partial charge in [0.05, 0.1) is 73.8 Å². The molecule has 4 N–H and O–H groups in total. The lowest BCUT2D eigenvalue weighted by Gasteiger charge is -2.46. The lowest BCUT2D eigenvalue weighted by Crippen LogP contribution is -2.61. The molecule has 0 amide bonds. The molecule has 7 rings (SSSR count). The maximum absolute atomic E-state index is 13.9. The highest BCUT2D eigenvalue weighted by atomic mass is 16.6. The summed E-state index contributed by atoms with van der Waals surface area (Å²) in [4.78, 5) is 27.0. The molecule has 0 aliphatic carbocycles. The van der Waals surface area contributed by atoms with Crippen molar-refractivity contribution >= 4 is 11.6 Å². The van der Waals surface area contributed by atoms with Crippen LogP contribution in [0.3, 0.4) is 0 Å². The van der Waals surface area contributed by atoms with Crippen LogP contribution >= 0.6 is 0 Å². The molecule has 8 bridgehead atoms. The molecule has 0 radical (unpaired) electrons. The molecule has 7 heterocycles. The van der Waals surface area contributed by atoms with Gasteiger partial charge in [0, 0.05) is 51.6 Å². The number of hydrogen-bond acceptors (Lipinski definition) is 13. The molecule has 53 heavy (non-hydrogen) atoms. The molecule has 7 fully saturated rings. The molecule has 7 saturated heterocycles. The predicted molar refractivity (Wildman–Crippen MR) is 189 cm³/mol. The third-order valence-corrected chi connectivity index (χ3v) is 13.1. The van der Waals surface area contributed by atoms with E-state index in [4.69, 9.17) is 33.2 Å². The van der Waals surface area contributed by atoms with Gasteiger partial charge in [0.1, 0.15) is 42.1 Å². The molecule has 18 atom stereocenters. The van der Waals surface area contributed by atoms with Crippen LogP contribution in [0.5, 0.6) is 0 Å². The third kappa shape index (κ3) is 8.56. The topological polar surface area (TPSA) is 180 Å². The molecule has 298 valence electrons. The SMILES string of the molecule is C=C1C2C[C@@H]3OC(CC(O)CO)[C@H](OC)C3CC(=O)CC3CCC4O[C@@H]5C(O[C@H](CC(=O)CCC6CC(=C)[C@H](CC[C@@H](C[C@H]1C)O2)O6)C5O)[C@@H](O)[C@H]4O3. The first-order valence-corrected chi connectivity index (χ1v) is 19.9. The van der Waals surface area contributed by atoms with Crippen molar-refractivity contribution in [3.63, 3.8) is 0 Å². The van der Waals surface area contributed by atoms with Gasteiger partial charge in [-0.1, -0.05) is 20.1 Å². The number of Topliss-reactive ketones (excluding diaryl/α,β-unsaturated/α-hetero) is 2. The Hall–Kier alpha value is -1.62. The monoisotopic (exact) mass is 748 g/mol. The van der Waals surface area contributed by atoms with Crippen molar-refractivity contribution in [2.45, 2.75) is 188 Å². The number of aliphatic hydroxyl groups excluding tert-OH is 4. The highest BCUT2D eigenvalue weighted by Gasteiger charge is 2.57. The normalized spacial score (nSPS) is 47.7. The first-order chi connectivity index (χ1) is 25.4. The Balaban J connectivity index is 1.11. The largest absolute Gasteiger partial charge is 0.394 e. The van der Waals surface area contributed by atoms with Crippen LogP contribution in [0.4, 0.5) is 0 Å². The Labute approximate surface area is 312 Å². The number of ketones is 2. The van der Waals surface area contributed by atoms with Gasteiger partial charge in [-0.15, -0.1) is 0 Å². The summed E-state index contributed by atoms with van der Waals surface area (Å²) in [5, 5.41) is 42.6. The van der Waals surface area contributed by atoms with Gasteiger partial charge < -0.3 is 53.6 Å². The lowest BCUT2D eigenvalue weighted by atomic mass is 9.81. The van der Waals surface area contributed by atoms with Crippen molar-refractivity contribution < 1.29 is 63.2 Å². The van der Waals surface area contributed by atoms with Crippen molar-refractivity contribution in [1.29, 1.82) is 0 Å². The van der Waals surface area contributed by atoms with Crippen molar-refractivity contribution in [2.24, 2.45) is 11.8 Å². The van der Waals surface area contributed by atoms with Crippen LogP contribution in [0, 0.1) is 11.8 Å². The highest BCUT2D eigenvalue weighted by Crippen LogP contribution is 2.43. The van der Waals surface area contributed by atoms with Crippen LogP contribution in [0.2, 0.25) is 0 Å². The third-order valence-electron chi connectivity index (χ3n) is 13.1. The van der Waals surface area contributed by atoms with E-state index in [0.717, 1.165) is 30.4 Å². The van der Waals surface area contributed by atoms with Gasteiger partial charge in [-0.3, -0.25) is 9.59 Å². The van der Waals surface area contributed by atoms with Gasteiger partial charge in [-0.05, 0) is 62.0 Å². The molecule has 9 unspecified atom stereocenters. The summed E-state index contributed by atoms with van der Waals surface area (Å²) in [6.45, 7) is 10.4. The second-order valence-electron chi connectivity index (χ2n) is 16.8. The summed E-state index contributed by atoms with van der Waals surface area (Å²) in [5.74, 6) is -0.221. The number of ether oxygens (including phenoxy) is 7. The van der Waals surface area contributed by atoms with Crippen LogP contribution in [0.25, 0.3) is 0 Å². The maximum atomic E-state index is 13.9. The summed E-state index contributed by atoms with van der Waals surface area (Å²) < 4.78 is 44.3. The Kier molecular flexibility index (Phi) is 12.6. The standard InChI is InChI=1S/C40H60O13/c1-19-11-26-7-9-29-20(2)12-25(48-29)6-5-22(42)15-33-35(45)39-40(53-33)36(46)38-30(52-39)10-8-27(50-38)13-23(43)14-28-32(17-31(49-26)21(19)3)51-34(37(28)47-4)16-24(44)18-41/h19,24-41,44-46H,2-3,5-18H2,1,4H3/t19-,24?,25?,26+,27?,28?,29+,30?,31?,32+,33-,34?,35?,36+,37-,38+,39+,40?/m1/s1. The minimum atomic E-state index is -1.10. The van der Waals surface area contributed by atoms with Crippen LogP contribution in [0.1, 0.15) is 90.4 Å². The Bertz CT molecular complexity index is 1340. The average molecular weight is 749 g/mol. The molecular weight excluding hydrogens is 688 g/mol. The zero-order valence-corrected chi connectivity index (χ0v) is 31.2. The van der Waals surface area contributed by atoms with Crippen molar-refractivity contribution in [1.82, 2.24) is 0 Å². The Morgan fingerprint density at radius 1 is 0.736 bits per heavy atom. The smallest absolute Gasteiger partial charge is 0.135 e. The number of methoxy groups -OCH3 is 1. The molecule has 0 spiro atoms. The molecule has 0 saturated carbocycles. The fourth-order valence-electron chi connectivity index (χ4n) is 10.1. The summed E-state index contributed by atoms with van der Waals surface area (Å²) in [6.07, 6.45) is -3.55. The second kappa shape index (κ2) is 16.9. The fourth-order valence-corrected chi connectivity index (χ4v) is 10.1. The highest BCUT2D eigenvalue weighted by molar-refractivity contribution is 5.79. The quantitative estimate of drug-likeness (QED) is 0.308. The molecular formula is C40H60O13. The Morgan fingerprint density at radius 2 is 1.45 bits per heavy atom. The number of fused-ring (bicyclic) bond motifs is 7. The van der Waals surface area contributed by atoms with Gasteiger partial charge in [-0.2, -0.15) is 0 Å². The van der Waals surface area contributed by atoms with E-state index in [2.05, 4.69) is 20.1 Å². The first kappa shape index (κ1) is 39.6. The van der Waals surface area contributed by atoms with Crippen LogP contribution < -0.4 is 0 Å². The zero-order valence-electron chi connectivity index (χ0n) is 31.2. The van der Waals surface area contributed by atoms with E-state index in [-0.39, 0.29) is 79.9 Å². The number of carbonyl (C=O) groups is 2. The first-order valence-electron chi connectivity index (χ1n) is 19.9. The number of aliphatic hydroxyl groups is 4. The van der Waals surface area contributed by atoms with Crippen LogP contribution in [0.15, 0.2) is 24.3 Å². The molecule has 7 aliphatic heterocycles. The van der Waals surface area contributed by atoms with E-state index in [1.165, 1.54) is 0 Å². The summed E-state index contributed by atoms with van der Waals surface area (Å²) in [7, 11) is 1.58. The number of rotatable bonds is 4.